The molecular formula is C13H13FN4O2. The molecule has 0 radical (unpaired) electrons. The zero-order valence-corrected chi connectivity index (χ0v) is 10.8. The number of carbonyl (C=O) groups is 1. The summed E-state index contributed by atoms with van der Waals surface area (Å²) in [6, 6.07) is 4.48. The maximum Gasteiger partial charge on any atom is 0.276 e. The normalized spacial score (nSPS) is 10.1. The second-order valence-corrected chi connectivity index (χ2v) is 3.81. The molecule has 6 nitrogen and oxygen atoms in total. The molecule has 0 aromatic carbocycles. The van der Waals surface area contributed by atoms with Gasteiger partial charge in [-0.3, -0.25) is 14.6 Å². The highest BCUT2D eigenvalue weighted by atomic mass is 19.1. The van der Waals surface area contributed by atoms with Gasteiger partial charge in [-0.25, -0.2) is 14.9 Å². The predicted molar refractivity (Wildman–Crippen MR) is 70.8 cm³/mol. The van der Waals surface area contributed by atoms with Gasteiger partial charge in [0.25, 0.3) is 5.91 Å². The molecule has 0 spiro atoms. The molecule has 0 aliphatic rings. The van der Waals surface area contributed by atoms with Crippen LogP contribution in [0.15, 0.2) is 36.8 Å². The highest BCUT2D eigenvalue weighted by Crippen LogP contribution is 2.14. The lowest BCUT2D eigenvalue weighted by atomic mass is 10.2. The summed E-state index contributed by atoms with van der Waals surface area (Å²) in [5.74, 6) is -0.341. The van der Waals surface area contributed by atoms with Crippen LogP contribution in [0.3, 0.4) is 0 Å². The number of carbonyl (C=O) groups excluding carboxylic acids is 1. The zero-order chi connectivity index (χ0) is 14.4. The SMILES string of the molecule is CCONC(=O)c1ccc(Nc2cncc(F)c2)nc1. The van der Waals surface area contributed by atoms with Crippen LogP contribution < -0.4 is 10.8 Å². The van der Waals surface area contributed by atoms with Crippen molar-refractivity contribution in [2.45, 2.75) is 6.92 Å². The molecule has 0 atom stereocenters. The van der Waals surface area contributed by atoms with E-state index in [2.05, 4.69) is 20.8 Å². The van der Waals surface area contributed by atoms with Crippen LogP contribution in [-0.2, 0) is 4.84 Å². The predicted octanol–water partition coefficient (Wildman–Crippen LogP) is 2.04. The van der Waals surface area contributed by atoms with Crippen LogP contribution in [-0.4, -0.2) is 22.5 Å². The van der Waals surface area contributed by atoms with Gasteiger partial charge in [-0.05, 0) is 19.1 Å². The standard InChI is InChI=1S/C13H13FN4O2/c1-2-20-18-13(19)9-3-4-12(16-6-9)17-11-5-10(14)7-15-8-11/h3-8H,2H2,1H3,(H,16,17)(H,18,19). The molecule has 0 aliphatic carbocycles. The van der Waals surface area contributed by atoms with E-state index in [4.69, 9.17) is 4.84 Å². The van der Waals surface area contributed by atoms with E-state index in [1.807, 2.05) is 0 Å². The van der Waals surface area contributed by atoms with E-state index in [0.717, 1.165) is 6.20 Å². The summed E-state index contributed by atoms with van der Waals surface area (Å²) < 4.78 is 13.0. The summed E-state index contributed by atoms with van der Waals surface area (Å²) in [7, 11) is 0. The van der Waals surface area contributed by atoms with Crippen LogP contribution >= 0.6 is 0 Å². The van der Waals surface area contributed by atoms with E-state index in [9.17, 15) is 9.18 Å². The number of halogens is 1. The molecule has 0 unspecified atom stereocenters. The third-order valence-corrected chi connectivity index (χ3v) is 2.31. The molecule has 2 aromatic heterocycles. The Labute approximate surface area is 115 Å². The Kier molecular flexibility index (Phi) is 4.56. The molecule has 20 heavy (non-hydrogen) atoms. The third-order valence-electron chi connectivity index (χ3n) is 2.31. The lowest BCUT2D eigenvalue weighted by Gasteiger charge is -2.06. The summed E-state index contributed by atoms with van der Waals surface area (Å²) in [6.07, 6.45) is 3.98. The van der Waals surface area contributed by atoms with Crippen molar-refractivity contribution in [1.82, 2.24) is 15.4 Å². The van der Waals surface area contributed by atoms with Crippen LogP contribution in [0.25, 0.3) is 0 Å². The van der Waals surface area contributed by atoms with Gasteiger partial charge in [-0.2, -0.15) is 0 Å². The topological polar surface area (TPSA) is 76.1 Å². The van der Waals surface area contributed by atoms with Crippen LogP contribution in [0, 0.1) is 5.82 Å². The van der Waals surface area contributed by atoms with E-state index >= 15 is 0 Å². The quantitative estimate of drug-likeness (QED) is 0.817. The van der Waals surface area contributed by atoms with Gasteiger partial charge in [-0.15, -0.1) is 0 Å². The first-order valence-corrected chi connectivity index (χ1v) is 5.95. The van der Waals surface area contributed by atoms with E-state index in [1.165, 1.54) is 18.5 Å². The first kappa shape index (κ1) is 13.9. The van der Waals surface area contributed by atoms with Crippen LogP contribution in [0.2, 0.25) is 0 Å². The molecule has 0 saturated carbocycles. The first-order chi connectivity index (χ1) is 9.69. The summed E-state index contributed by atoms with van der Waals surface area (Å²) in [6.45, 7) is 2.14. The fourth-order valence-corrected chi connectivity index (χ4v) is 1.43. The number of aromatic nitrogens is 2. The molecule has 104 valence electrons. The van der Waals surface area contributed by atoms with Crippen molar-refractivity contribution in [3.05, 3.63) is 48.2 Å². The van der Waals surface area contributed by atoms with E-state index < -0.39 is 5.82 Å². The number of rotatable bonds is 5. The fraction of sp³-hybridized carbons (Fsp3) is 0.154. The zero-order valence-electron chi connectivity index (χ0n) is 10.8. The van der Waals surface area contributed by atoms with Gasteiger partial charge < -0.3 is 5.32 Å². The molecule has 2 aromatic rings. The minimum atomic E-state index is -0.442. The Hall–Kier alpha value is -2.54. The largest absolute Gasteiger partial charge is 0.339 e. The second-order valence-electron chi connectivity index (χ2n) is 3.81. The second kappa shape index (κ2) is 6.58. The molecule has 2 heterocycles. The third kappa shape index (κ3) is 3.72. The summed E-state index contributed by atoms with van der Waals surface area (Å²) in [5.41, 5.74) is 3.10. The molecular weight excluding hydrogens is 263 g/mol. The number of amides is 1. The number of anilines is 2. The highest BCUT2D eigenvalue weighted by molar-refractivity contribution is 5.93. The monoisotopic (exact) mass is 276 g/mol. The van der Waals surface area contributed by atoms with Gasteiger partial charge in [-0.1, -0.05) is 0 Å². The Balaban J connectivity index is 2.03. The van der Waals surface area contributed by atoms with Crippen molar-refractivity contribution >= 4 is 17.4 Å². The van der Waals surface area contributed by atoms with Crippen LogP contribution in [0.4, 0.5) is 15.9 Å². The molecule has 7 heteroatoms. The highest BCUT2D eigenvalue weighted by Gasteiger charge is 2.06. The Morgan fingerprint density at radius 3 is 2.85 bits per heavy atom. The Morgan fingerprint density at radius 2 is 2.20 bits per heavy atom. The van der Waals surface area contributed by atoms with E-state index in [1.54, 1.807) is 19.1 Å². The van der Waals surface area contributed by atoms with E-state index in [-0.39, 0.29) is 5.91 Å². The molecule has 0 fully saturated rings. The number of pyridine rings is 2. The number of nitrogens with one attached hydrogen (secondary N) is 2. The van der Waals surface area contributed by atoms with Crippen molar-refractivity contribution in [2.75, 3.05) is 11.9 Å². The maximum atomic E-state index is 13.0. The molecule has 2 N–H and O–H groups in total. The van der Waals surface area contributed by atoms with Crippen molar-refractivity contribution in [1.29, 1.82) is 0 Å². The molecule has 0 bridgehead atoms. The van der Waals surface area contributed by atoms with Gasteiger partial charge in [0, 0.05) is 12.3 Å². The Morgan fingerprint density at radius 1 is 1.35 bits per heavy atom. The summed E-state index contributed by atoms with van der Waals surface area (Å²) in [5, 5.41) is 2.88. The number of nitrogens with zero attached hydrogens (tertiary/aromatic N) is 2. The molecule has 1 amide bonds. The van der Waals surface area contributed by atoms with Crippen molar-refractivity contribution < 1.29 is 14.0 Å². The van der Waals surface area contributed by atoms with Crippen molar-refractivity contribution in [2.24, 2.45) is 0 Å². The minimum absolute atomic E-state index is 0.362. The number of hydrogen-bond donors (Lipinski definition) is 2. The average Bonchev–Trinajstić information content (AvgIpc) is 2.45. The first-order valence-electron chi connectivity index (χ1n) is 5.95. The molecule has 0 saturated heterocycles. The number of hydroxylamine groups is 1. The van der Waals surface area contributed by atoms with Crippen LogP contribution in [0.1, 0.15) is 17.3 Å². The van der Waals surface area contributed by atoms with Crippen molar-refractivity contribution in [3.63, 3.8) is 0 Å². The average molecular weight is 276 g/mol. The summed E-state index contributed by atoms with van der Waals surface area (Å²) >= 11 is 0. The lowest BCUT2D eigenvalue weighted by molar-refractivity contribution is 0.0364. The van der Waals surface area contributed by atoms with Gasteiger partial charge in [0.05, 0.1) is 30.3 Å². The molecule has 0 aliphatic heterocycles. The minimum Gasteiger partial charge on any atom is -0.339 e. The van der Waals surface area contributed by atoms with Crippen LogP contribution in [0.5, 0.6) is 0 Å². The molecule has 2 rings (SSSR count). The van der Waals surface area contributed by atoms with Gasteiger partial charge >= 0.3 is 0 Å². The maximum absolute atomic E-state index is 13.0. The smallest absolute Gasteiger partial charge is 0.276 e. The fourth-order valence-electron chi connectivity index (χ4n) is 1.43. The number of hydrogen-bond acceptors (Lipinski definition) is 5. The van der Waals surface area contributed by atoms with Gasteiger partial charge in [0.15, 0.2) is 0 Å². The van der Waals surface area contributed by atoms with Crippen molar-refractivity contribution in [3.8, 4) is 0 Å². The van der Waals surface area contributed by atoms with Gasteiger partial charge in [0.1, 0.15) is 11.6 Å². The van der Waals surface area contributed by atoms with E-state index in [0.29, 0.717) is 23.7 Å². The Bertz CT molecular complexity index is 589. The summed E-state index contributed by atoms with van der Waals surface area (Å²) in [4.78, 5) is 24.1. The van der Waals surface area contributed by atoms with Gasteiger partial charge in [0.2, 0.25) is 0 Å². The lowest BCUT2D eigenvalue weighted by Crippen LogP contribution is -2.23.